The number of piperazine rings is 1. The Hall–Kier alpha value is -5.87. The van der Waals surface area contributed by atoms with Crippen molar-refractivity contribution in [2.45, 2.75) is 94.1 Å². The molecule has 7 atom stereocenters. The third-order valence-corrected chi connectivity index (χ3v) is 14.7. The molecule has 344 valence electrons. The number of phenols is 1. The molecule has 0 radical (unpaired) electrons. The molecule has 0 saturated carbocycles. The highest BCUT2D eigenvalue weighted by molar-refractivity contribution is 7.99. The van der Waals surface area contributed by atoms with Crippen LogP contribution in [0.15, 0.2) is 30.9 Å². The zero-order chi connectivity index (χ0) is 46.3. The number of nitrogens with zero attached hydrogens (tertiary/aromatic N) is 3. The van der Waals surface area contributed by atoms with Crippen molar-refractivity contribution in [3.63, 3.8) is 0 Å². The summed E-state index contributed by atoms with van der Waals surface area (Å²) in [5, 5.41) is 26.3. The Morgan fingerprint density at radius 2 is 1.80 bits per heavy atom. The average Bonchev–Trinajstić information content (AvgIpc) is 3.75. The fourth-order valence-electron chi connectivity index (χ4n) is 10.7. The number of esters is 1. The van der Waals surface area contributed by atoms with Gasteiger partial charge in [0.1, 0.15) is 30.6 Å². The van der Waals surface area contributed by atoms with Crippen molar-refractivity contribution in [1.82, 2.24) is 15.1 Å². The first-order chi connectivity index (χ1) is 31.1. The maximum atomic E-state index is 15.1. The summed E-state index contributed by atoms with van der Waals surface area (Å²) in [5.74, 6) is 1.08. The number of likely N-dealkylation sites (N-methyl/N-ethyl adjacent to an activating group) is 1. The minimum absolute atomic E-state index is 0.0000326. The molecule has 1 spiro atoms. The monoisotopic (exact) mass is 912 g/mol. The largest absolute Gasteiger partial charge is 0.514 e. The lowest BCUT2D eigenvalue weighted by atomic mass is 9.71. The Bertz CT molecular complexity index is 2550. The van der Waals surface area contributed by atoms with E-state index < -0.39 is 58.8 Å². The van der Waals surface area contributed by atoms with E-state index >= 15 is 4.79 Å². The van der Waals surface area contributed by atoms with Crippen molar-refractivity contribution in [2.24, 2.45) is 0 Å². The molecule has 2 saturated heterocycles. The van der Waals surface area contributed by atoms with Crippen molar-refractivity contribution in [1.29, 1.82) is 5.26 Å². The summed E-state index contributed by atoms with van der Waals surface area (Å²) in [6.45, 7) is 12.4. The van der Waals surface area contributed by atoms with Crippen molar-refractivity contribution >= 4 is 30.0 Å². The number of aromatic hydroxyl groups is 1. The molecule has 10 rings (SSSR count). The fraction of sp³-hybridized carbons (Fsp3) is 0.489. The highest BCUT2D eigenvalue weighted by atomic mass is 32.2. The van der Waals surface area contributed by atoms with Gasteiger partial charge >= 0.3 is 18.3 Å². The van der Waals surface area contributed by atoms with Crippen LogP contribution in [0.1, 0.15) is 82.6 Å². The quantitative estimate of drug-likeness (QED) is 0.120. The summed E-state index contributed by atoms with van der Waals surface area (Å²) >= 11 is 1.41. The molecule has 1 unspecified atom stereocenters. The molecule has 2 N–H and O–H groups in total. The average molecular weight is 913 g/mol. The zero-order valence-electron chi connectivity index (χ0n) is 37.5. The SMILES string of the molecule is C=CCOC(=O)Oc1c(C)c2c(c3c1[C@H]1SC[C@]4(NCCc5cc(OC(=O)OC(C)(C)C)c(OC)cc54)C(=O)OC[C@@H]3N3C1[C@@H]1c4c(cc(C)c(OC)c4O)C[C@@H]([C@@H]3C#N)N1C)OCO2. The summed E-state index contributed by atoms with van der Waals surface area (Å²) in [6, 6.07) is 4.88. The van der Waals surface area contributed by atoms with Gasteiger partial charge in [0.2, 0.25) is 6.79 Å². The van der Waals surface area contributed by atoms with E-state index in [1.54, 1.807) is 39.8 Å². The highest BCUT2D eigenvalue weighted by Gasteiger charge is 2.62. The van der Waals surface area contributed by atoms with Crippen LogP contribution in [0.3, 0.4) is 0 Å². The normalized spacial score (nSPS) is 26.3. The highest BCUT2D eigenvalue weighted by Crippen LogP contribution is 2.64. The van der Waals surface area contributed by atoms with E-state index in [0.717, 1.165) is 16.7 Å². The molecule has 7 aliphatic heterocycles. The van der Waals surface area contributed by atoms with Crippen LogP contribution in [-0.2, 0) is 37.4 Å². The van der Waals surface area contributed by atoms with Crippen molar-refractivity contribution in [3.05, 3.63) is 75.4 Å². The number of thioether (sulfide) groups is 1. The molecule has 17 nitrogen and oxygen atoms in total. The standard InChI is InChI=1S/C47H52N4O13S/c1-10-13-58-44(54)63-39-23(3)40-41(61-21-60-40)33-29-19-59-43(53)47(26-17-30(56-8)31(16-24(26)11-12-49-47)62-45(55)64-46(4,5)6)20-65-42(34(33)39)36-35-32-25(14-22(2)38(57-9)37(32)52)15-27(50(35)7)28(18-48)51(29)36/h10,14,16-17,27-29,35-36,42,49,52H,1,11-13,15,19-21H2,2-9H3/t27-,28-,29-,35-,36?,42+,47+/m0/s1. The third kappa shape index (κ3) is 7.05. The van der Waals surface area contributed by atoms with Crippen LogP contribution in [0.4, 0.5) is 9.59 Å². The van der Waals surface area contributed by atoms with Crippen molar-refractivity contribution in [3.8, 4) is 46.3 Å². The first kappa shape index (κ1) is 44.3. The molecule has 0 aromatic heterocycles. The van der Waals surface area contributed by atoms with Gasteiger partial charge in [0.15, 0.2) is 40.0 Å². The number of hydrogen-bond donors (Lipinski definition) is 2. The maximum Gasteiger partial charge on any atom is 0.514 e. The van der Waals surface area contributed by atoms with Gasteiger partial charge in [-0.1, -0.05) is 18.7 Å². The number of phenolic OH excluding ortho intramolecular Hbond substituents is 1. The van der Waals surface area contributed by atoms with Crippen LogP contribution in [0.25, 0.3) is 0 Å². The number of carbonyl (C=O) groups excluding carboxylic acids is 3. The fourth-order valence-corrected chi connectivity index (χ4v) is 12.4. The smallest absolute Gasteiger partial charge is 0.504 e. The van der Waals surface area contributed by atoms with E-state index in [1.807, 2.05) is 20.0 Å². The molecule has 7 heterocycles. The second kappa shape index (κ2) is 16.5. The minimum Gasteiger partial charge on any atom is -0.504 e. The summed E-state index contributed by atoms with van der Waals surface area (Å²) < 4.78 is 53.2. The summed E-state index contributed by atoms with van der Waals surface area (Å²) in [6.07, 6.45) is 0.472. The lowest BCUT2D eigenvalue weighted by molar-refractivity contribution is -0.157. The number of benzene rings is 3. The predicted octanol–water partition coefficient (Wildman–Crippen LogP) is 6.37. The number of nitriles is 1. The van der Waals surface area contributed by atoms with Crippen LogP contribution in [0, 0.1) is 25.2 Å². The number of methoxy groups -OCH3 is 2. The van der Waals surface area contributed by atoms with Gasteiger partial charge in [-0.3, -0.25) is 15.1 Å². The van der Waals surface area contributed by atoms with Gasteiger partial charge in [-0.05, 0) is 88.9 Å². The molecule has 7 aliphatic rings. The van der Waals surface area contributed by atoms with E-state index in [-0.39, 0.29) is 54.8 Å². The molecule has 0 amide bonds. The van der Waals surface area contributed by atoms with E-state index in [2.05, 4.69) is 27.8 Å². The molecular weight excluding hydrogens is 861 g/mol. The Morgan fingerprint density at radius 3 is 2.51 bits per heavy atom. The van der Waals surface area contributed by atoms with E-state index in [1.165, 1.54) is 32.1 Å². The van der Waals surface area contributed by atoms with Gasteiger partial charge < -0.3 is 47.7 Å². The molecule has 2 fully saturated rings. The number of hydrogen-bond acceptors (Lipinski definition) is 18. The molecule has 18 heteroatoms. The third-order valence-electron chi connectivity index (χ3n) is 13.3. The van der Waals surface area contributed by atoms with Crippen molar-refractivity contribution in [2.75, 3.05) is 53.6 Å². The Labute approximate surface area is 380 Å². The number of rotatable bonds is 6. The molecular formula is C47H52N4O13S. The van der Waals surface area contributed by atoms with E-state index in [9.17, 15) is 20.0 Å². The molecule has 0 aliphatic carbocycles. The maximum absolute atomic E-state index is 15.1. The van der Waals surface area contributed by atoms with Gasteiger partial charge in [-0.2, -0.15) is 5.26 Å². The number of aryl methyl sites for hydroxylation is 1. The second-order valence-electron chi connectivity index (χ2n) is 18.0. The van der Waals surface area contributed by atoms with Crippen LogP contribution >= 0.6 is 11.8 Å². The second-order valence-corrected chi connectivity index (χ2v) is 19.1. The topological polar surface area (TPSA) is 197 Å². The van der Waals surface area contributed by atoms with Crippen LogP contribution in [0.2, 0.25) is 0 Å². The predicted molar refractivity (Wildman–Crippen MR) is 234 cm³/mol. The van der Waals surface area contributed by atoms with Gasteiger partial charge in [0, 0.05) is 46.6 Å². The summed E-state index contributed by atoms with van der Waals surface area (Å²) in [7, 11) is 4.92. The Kier molecular flexibility index (Phi) is 11.3. The zero-order valence-corrected chi connectivity index (χ0v) is 38.3. The van der Waals surface area contributed by atoms with Gasteiger partial charge in [-0.25, -0.2) is 14.4 Å². The van der Waals surface area contributed by atoms with Gasteiger partial charge in [0.25, 0.3) is 0 Å². The van der Waals surface area contributed by atoms with Crippen LogP contribution in [0.5, 0.6) is 40.2 Å². The lowest BCUT2D eigenvalue weighted by Gasteiger charge is -2.62. The molecule has 3 aromatic rings. The first-order valence-electron chi connectivity index (χ1n) is 21.4. The number of ether oxygens (including phenoxy) is 9. The van der Waals surface area contributed by atoms with Gasteiger partial charge in [-0.15, -0.1) is 11.8 Å². The van der Waals surface area contributed by atoms with Crippen molar-refractivity contribution < 1.29 is 62.1 Å². The number of carbonyl (C=O) groups is 3. The molecule has 65 heavy (non-hydrogen) atoms. The molecule has 3 aromatic carbocycles. The Morgan fingerprint density at radius 1 is 1.03 bits per heavy atom. The lowest BCUT2D eigenvalue weighted by Crippen LogP contribution is -2.69. The molecule has 4 bridgehead atoms. The van der Waals surface area contributed by atoms with E-state index in [0.29, 0.717) is 64.5 Å². The summed E-state index contributed by atoms with van der Waals surface area (Å²) in [5.41, 5.74) is 2.91. The number of fused-ring (bicyclic) bond motifs is 9. The first-order valence-corrected chi connectivity index (χ1v) is 22.5. The van der Waals surface area contributed by atoms with Crippen LogP contribution in [-0.4, -0.2) is 110 Å². The van der Waals surface area contributed by atoms with Crippen LogP contribution < -0.4 is 33.7 Å². The van der Waals surface area contributed by atoms with E-state index in [4.69, 9.17) is 42.6 Å². The summed E-state index contributed by atoms with van der Waals surface area (Å²) in [4.78, 5) is 45.8. The minimum atomic E-state index is -1.49. The Balaban J connectivity index is 1.27. The van der Waals surface area contributed by atoms with Gasteiger partial charge in [0.05, 0.1) is 37.6 Å². The number of nitrogens with one attached hydrogen (secondary N) is 1.